The molecule has 0 unspecified atom stereocenters. The lowest BCUT2D eigenvalue weighted by molar-refractivity contribution is 0.194. The number of rotatable bonds is 4. The molecule has 19 heavy (non-hydrogen) atoms. The summed E-state index contributed by atoms with van der Waals surface area (Å²) in [4.78, 5) is 0. The van der Waals surface area contributed by atoms with Gasteiger partial charge in [-0.15, -0.1) is 0 Å². The third-order valence-electron chi connectivity index (χ3n) is 2.77. The molecule has 2 N–H and O–H groups in total. The van der Waals surface area contributed by atoms with E-state index in [9.17, 15) is 9.50 Å². The van der Waals surface area contributed by atoms with Crippen LogP contribution in [0.25, 0.3) is 0 Å². The number of aliphatic hydroxyl groups excluding tert-OH is 2. The lowest BCUT2D eigenvalue weighted by Crippen LogP contribution is -1.98. The van der Waals surface area contributed by atoms with Gasteiger partial charge in [-0.05, 0) is 30.7 Å². The van der Waals surface area contributed by atoms with Crippen LogP contribution in [0.4, 0.5) is 4.39 Å². The third-order valence-corrected chi connectivity index (χ3v) is 2.77. The molecule has 0 radical (unpaired) electrons. The van der Waals surface area contributed by atoms with Crippen molar-refractivity contribution in [3.05, 3.63) is 59.4 Å². The summed E-state index contributed by atoms with van der Waals surface area (Å²) in [5.74, 6) is -0.0527. The number of aliphatic hydroxyl groups is 2. The topological polar surface area (TPSA) is 49.7 Å². The van der Waals surface area contributed by atoms with Gasteiger partial charge in [-0.3, -0.25) is 0 Å². The Morgan fingerprint density at radius 3 is 2.42 bits per heavy atom. The second-order valence-electron chi connectivity index (χ2n) is 4.24. The lowest BCUT2D eigenvalue weighted by Gasteiger charge is -2.14. The van der Waals surface area contributed by atoms with Crippen LogP contribution in [0.5, 0.6) is 11.5 Å². The Hall–Kier alpha value is -1.91. The van der Waals surface area contributed by atoms with Gasteiger partial charge in [0.2, 0.25) is 0 Å². The van der Waals surface area contributed by atoms with Crippen LogP contribution in [-0.2, 0) is 6.61 Å². The average Bonchev–Trinajstić information content (AvgIpc) is 2.41. The first kappa shape index (κ1) is 13.5. The molecule has 4 heteroatoms. The predicted molar refractivity (Wildman–Crippen MR) is 69.5 cm³/mol. The number of hydrogen-bond donors (Lipinski definition) is 2. The van der Waals surface area contributed by atoms with Gasteiger partial charge >= 0.3 is 0 Å². The van der Waals surface area contributed by atoms with E-state index in [-0.39, 0.29) is 12.4 Å². The largest absolute Gasteiger partial charge is 0.454 e. The molecule has 0 heterocycles. The van der Waals surface area contributed by atoms with Gasteiger partial charge in [0.05, 0.1) is 12.7 Å². The molecule has 1 atom stereocenters. The number of benzene rings is 2. The van der Waals surface area contributed by atoms with E-state index in [0.29, 0.717) is 11.3 Å². The maximum absolute atomic E-state index is 13.8. The van der Waals surface area contributed by atoms with Crippen LogP contribution in [0.1, 0.15) is 24.2 Å². The van der Waals surface area contributed by atoms with Gasteiger partial charge in [-0.25, -0.2) is 4.39 Å². The van der Waals surface area contributed by atoms with Crippen LogP contribution < -0.4 is 4.74 Å². The normalized spacial score (nSPS) is 12.2. The molecule has 0 aliphatic rings. The average molecular weight is 262 g/mol. The molecule has 0 saturated heterocycles. The monoisotopic (exact) mass is 262 g/mol. The van der Waals surface area contributed by atoms with E-state index in [1.165, 1.54) is 12.1 Å². The van der Waals surface area contributed by atoms with Crippen molar-refractivity contribution >= 4 is 0 Å². The maximum atomic E-state index is 13.8. The summed E-state index contributed by atoms with van der Waals surface area (Å²) in [5, 5.41) is 18.6. The van der Waals surface area contributed by atoms with Crippen LogP contribution in [0.15, 0.2) is 42.5 Å². The molecule has 0 bridgehead atoms. The van der Waals surface area contributed by atoms with E-state index >= 15 is 0 Å². The zero-order valence-corrected chi connectivity index (χ0v) is 10.5. The van der Waals surface area contributed by atoms with Gasteiger partial charge in [0.1, 0.15) is 5.75 Å². The fraction of sp³-hybridized carbons (Fsp3) is 0.200. The quantitative estimate of drug-likeness (QED) is 0.889. The fourth-order valence-electron chi connectivity index (χ4n) is 1.74. The standard InChI is InChI=1S/C15H15FO3/c1-10(18)13-3-2-4-14(16)15(13)19-12-7-5-11(9-17)6-8-12/h2-8,10,17-18H,9H2,1H3/t10-/m1/s1. The van der Waals surface area contributed by atoms with Gasteiger partial charge in [0, 0.05) is 5.56 Å². The third kappa shape index (κ3) is 3.10. The highest BCUT2D eigenvalue weighted by atomic mass is 19.1. The van der Waals surface area contributed by atoms with Crippen molar-refractivity contribution in [2.24, 2.45) is 0 Å². The van der Waals surface area contributed by atoms with Gasteiger partial charge < -0.3 is 14.9 Å². The first-order valence-electron chi connectivity index (χ1n) is 5.96. The Labute approximate surface area is 110 Å². The minimum Gasteiger partial charge on any atom is -0.454 e. The molecule has 2 rings (SSSR count). The van der Waals surface area contributed by atoms with Crippen LogP contribution in [0.3, 0.4) is 0 Å². The van der Waals surface area contributed by atoms with Crippen molar-refractivity contribution < 1.29 is 19.3 Å². The second-order valence-corrected chi connectivity index (χ2v) is 4.24. The first-order chi connectivity index (χ1) is 9.11. The molecule has 2 aromatic rings. The molecule has 0 aromatic heterocycles. The number of para-hydroxylation sites is 1. The molecule has 0 aliphatic carbocycles. The molecule has 0 spiro atoms. The van der Waals surface area contributed by atoms with Gasteiger partial charge in [0.15, 0.2) is 11.6 Å². The summed E-state index contributed by atoms with van der Waals surface area (Å²) in [6.45, 7) is 1.50. The minimum atomic E-state index is -0.817. The highest BCUT2D eigenvalue weighted by Crippen LogP contribution is 2.32. The molecule has 3 nitrogen and oxygen atoms in total. The molecule has 0 amide bonds. The van der Waals surface area contributed by atoms with Gasteiger partial charge in [-0.2, -0.15) is 0 Å². The van der Waals surface area contributed by atoms with Gasteiger partial charge in [0.25, 0.3) is 0 Å². The molecule has 0 aliphatic heterocycles. The molecule has 100 valence electrons. The van der Waals surface area contributed by atoms with Crippen molar-refractivity contribution in [2.45, 2.75) is 19.6 Å². The van der Waals surface area contributed by atoms with Crippen LogP contribution in [0, 0.1) is 5.82 Å². The van der Waals surface area contributed by atoms with Crippen molar-refractivity contribution in [1.82, 2.24) is 0 Å². The minimum absolute atomic E-state index is 0.0225. The SMILES string of the molecule is C[C@@H](O)c1cccc(F)c1Oc1ccc(CO)cc1. The molecular weight excluding hydrogens is 247 g/mol. The first-order valence-corrected chi connectivity index (χ1v) is 5.96. The highest BCUT2D eigenvalue weighted by molar-refractivity contribution is 5.40. The van der Waals surface area contributed by atoms with E-state index in [0.717, 1.165) is 5.56 Å². The van der Waals surface area contributed by atoms with Crippen molar-refractivity contribution in [2.75, 3.05) is 0 Å². The Morgan fingerprint density at radius 2 is 1.84 bits per heavy atom. The Balaban J connectivity index is 2.31. The number of halogens is 1. The zero-order chi connectivity index (χ0) is 13.8. The van der Waals surface area contributed by atoms with E-state index in [4.69, 9.17) is 9.84 Å². The van der Waals surface area contributed by atoms with Crippen molar-refractivity contribution in [3.8, 4) is 11.5 Å². The van der Waals surface area contributed by atoms with Crippen LogP contribution in [-0.4, -0.2) is 10.2 Å². The Bertz CT molecular complexity index is 550. The van der Waals surface area contributed by atoms with Crippen molar-refractivity contribution in [3.63, 3.8) is 0 Å². The Kier molecular flexibility index (Phi) is 4.14. The van der Waals surface area contributed by atoms with E-state index in [2.05, 4.69) is 0 Å². The molecule has 0 fully saturated rings. The predicted octanol–water partition coefficient (Wildman–Crippen LogP) is 3.16. The van der Waals surface area contributed by atoms with Crippen LogP contribution >= 0.6 is 0 Å². The van der Waals surface area contributed by atoms with E-state index in [1.807, 2.05) is 0 Å². The van der Waals surface area contributed by atoms with E-state index in [1.54, 1.807) is 37.3 Å². The summed E-state index contributed by atoms with van der Waals surface area (Å²) in [7, 11) is 0. The highest BCUT2D eigenvalue weighted by Gasteiger charge is 2.14. The second kappa shape index (κ2) is 5.82. The lowest BCUT2D eigenvalue weighted by atomic mass is 10.1. The zero-order valence-electron chi connectivity index (χ0n) is 10.5. The molecular formula is C15H15FO3. The summed E-state index contributed by atoms with van der Waals surface area (Å²) < 4.78 is 19.2. The van der Waals surface area contributed by atoms with E-state index < -0.39 is 11.9 Å². The number of hydrogen-bond acceptors (Lipinski definition) is 3. The van der Waals surface area contributed by atoms with Crippen LogP contribution in [0.2, 0.25) is 0 Å². The maximum Gasteiger partial charge on any atom is 0.168 e. The summed E-state index contributed by atoms with van der Waals surface area (Å²) in [5.41, 5.74) is 1.14. The summed E-state index contributed by atoms with van der Waals surface area (Å²) >= 11 is 0. The van der Waals surface area contributed by atoms with Crippen molar-refractivity contribution in [1.29, 1.82) is 0 Å². The summed E-state index contributed by atoms with van der Waals surface area (Å²) in [6, 6.07) is 11.1. The molecule has 0 saturated carbocycles. The Morgan fingerprint density at radius 1 is 1.16 bits per heavy atom. The smallest absolute Gasteiger partial charge is 0.168 e. The molecule has 2 aromatic carbocycles. The fourth-order valence-corrected chi connectivity index (χ4v) is 1.74. The summed E-state index contributed by atoms with van der Waals surface area (Å²) in [6.07, 6.45) is -0.817. The van der Waals surface area contributed by atoms with Gasteiger partial charge in [-0.1, -0.05) is 24.3 Å². The number of ether oxygens (including phenoxy) is 1.